The summed E-state index contributed by atoms with van der Waals surface area (Å²) in [4.78, 5) is 0. The van der Waals surface area contributed by atoms with E-state index >= 15 is 0 Å². The van der Waals surface area contributed by atoms with Crippen molar-refractivity contribution in [3.63, 3.8) is 0 Å². The molecule has 13 heavy (non-hydrogen) atoms. The Morgan fingerprint density at radius 1 is 1.08 bits per heavy atom. The third kappa shape index (κ3) is 2.99. The van der Waals surface area contributed by atoms with Crippen LogP contribution in [0.4, 0.5) is 0 Å². The van der Waals surface area contributed by atoms with Crippen LogP contribution in [0.2, 0.25) is 0 Å². The molecule has 1 aromatic rings. The quantitative estimate of drug-likeness (QED) is 0.642. The summed E-state index contributed by atoms with van der Waals surface area (Å²) in [6.07, 6.45) is 5.95. The van der Waals surface area contributed by atoms with Crippen LogP contribution < -0.4 is 5.30 Å². The smallest absolute Gasteiger partial charge is 0.0196 e. The molecule has 0 aliphatic carbocycles. The lowest BCUT2D eigenvalue weighted by Crippen LogP contribution is -1.97. The fourth-order valence-electron chi connectivity index (χ4n) is 1.49. The molecular formula is C10H15P3. The first-order chi connectivity index (χ1) is 6.47. The molecule has 1 saturated heterocycles. The van der Waals surface area contributed by atoms with E-state index < -0.39 is 0 Å². The first-order valence-electron chi connectivity index (χ1n) is 4.78. The van der Waals surface area contributed by atoms with Crippen molar-refractivity contribution in [2.75, 3.05) is 12.3 Å². The molecule has 0 bridgehead atoms. The van der Waals surface area contributed by atoms with Crippen molar-refractivity contribution in [2.45, 2.75) is 12.8 Å². The van der Waals surface area contributed by atoms with E-state index in [1.807, 2.05) is 0 Å². The number of rotatable bonds is 1. The summed E-state index contributed by atoms with van der Waals surface area (Å²) in [6, 6.07) is 11.2. The lowest BCUT2D eigenvalue weighted by atomic mass is 10.4. The summed E-state index contributed by atoms with van der Waals surface area (Å²) in [5.41, 5.74) is 0. The molecule has 0 nitrogen and oxygen atoms in total. The molecule has 3 unspecified atom stereocenters. The maximum absolute atomic E-state index is 2.33. The van der Waals surface area contributed by atoms with E-state index in [9.17, 15) is 0 Å². The fraction of sp³-hybridized carbons (Fsp3) is 0.400. The van der Waals surface area contributed by atoms with E-state index in [2.05, 4.69) is 30.3 Å². The van der Waals surface area contributed by atoms with E-state index in [-0.39, 0.29) is 7.61 Å². The largest absolute Gasteiger partial charge is 0.0944 e. The predicted molar refractivity (Wildman–Crippen MR) is 68.6 cm³/mol. The van der Waals surface area contributed by atoms with Gasteiger partial charge in [0.15, 0.2) is 0 Å². The van der Waals surface area contributed by atoms with Crippen LogP contribution in [0.25, 0.3) is 0 Å². The SMILES string of the molecule is c1ccc(P2CCCCPP2)cc1. The van der Waals surface area contributed by atoms with E-state index in [4.69, 9.17) is 0 Å². The normalized spacial score (nSPS) is 27.5. The Morgan fingerprint density at radius 3 is 2.77 bits per heavy atom. The van der Waals surface area contributed by atoms with Gasteiger partial charge < -0.3 is 0 Å². The summed E-state index contributed by atoms with van der Waals surface area (Å²) in [6.45, 7) is 0. The first kappa shape index (κ1) is 10.0. The Morgan fingerprint density at radius 2 is 1.92 bits per heavy atom. The van der Waals surface area contributed by atoms with Crippen LogP contribution in [0.3, 0.4) is 0 Å². The van der Waals surface area contributed by atoms with Crippen LogP contribution in [0.15, 0.2) is 30.3 Å². The first-order valence-corrected chi connectivity index (χ1v) is 10.4. The number of hydrogen-bond acceptors (Lipinski definition) is 0. The minimum atomic E-state index is 0.247. The van der Waals surface area contributed by atoms with Gasteiger partial charge in [0.25, 0.3) is 0 Å². The highest BCUT2D eigenvalue weighted by Crippen LogP contribution is 2.66. The van der Waals surface area contributed by atoms with E-state index in [0.717, 1.165) is 0 Å². The average Bonchev–Trinajstić information content (AvgIpc) is 2.47. The second-order valence-corrected chi connectivity index (χ2v) is 11.5. The third-order valence-corrected chi connectivity index (χ3v) is 12.3. The van der Waals surface area contributed by atoms with Gasteiger partial charge in [0.05, 0.1) is 0 Å². The predicted octanol–water partition coefficient (Wildman–Crippen LogP) is 3.77. The van der Waals surface area contributed by atoms with Crippen LogP contribution in [-0.4, -0.2) is 12.3 Å². The van der Waals surface area contributed by atoms with Gasteiger partial charge in [-0.1, -0.05) is 46.6 Å². The van der Waals surface area contributed by atoms with Gasteiger partial charge in [-0.2, -0.15) is 0 Å². The van der Waals surface area contributed by atoms with Gasteiger partial charge in [-0.15, -0.1) is 0 Å². The molecule has 2 rings (SSSR count). The number of hydrogen-bond donors (Lipinski definition) is 0. The minimum Gasteiger partial charge on any atom is -0.0944 e. The monoisotopic (exact) mass is 228 g/mol. The Hall–Kier alpha value is 0.510. The zero-order valence-corrected chi connectivity index (χ0v) is 10.6. The number of benzene rings is 1. The zero-order valence-electron chi connectivity index (χ0n) is 7.66. The maximum Gasteiger partial charge on any atom is -0.0196 e. The molecule has 0 radical (unpaired) electrons. The highest BCUT2D eigenvalue weighted by Gasteiger charge is 2.12. The summed E-state index contributed by atoms with van der Waals surface area (Å²) in [7, 11) is 2.76. The summed E-state index contributed by atoms with van der Waals surface area (Å²) < 4.78 is 0. The van der Waals surface area contributed by atoms with Gasteiger partial charge >= 0.3 is 0 Å². The Kier molecular flexibility index (Phi) is 4.18. The van der Waals surface area contributed by atoms with Gasteiger partial charge in [-0.05, 0) is 38.1 Å². The fourth-order valence-corrected chi connectivity index (χ4v) is 11.8. The standard InChI is InChI=1S/C10H15P3/c1-2-6-10(7-3-1)13-9-5-4-8-11-12-13/h1-3,6-7,11-12H,4-5,8-9H2. The summed E-state index contributed by atoms with van der Waals surface area (Å²) in [5, 5.41) is 1.64. The zero-order chi connectivity index (χ0) is 8.93. The second-order valence-electron chi connectivity index (χ2n) is 3.23. The Labute approximate surface area is 85.0 Å². The molecule has 0 saturated carbocycles. The Balaban J connectivity index is 2.06. The Bertz CT molecular complexity index is 240. The van der Waals surface area contributed by atoms with Crippen molar-refractivity contribution in [3.8, 4) is 0 Å². The molecule has 70 valence electrons. The van der Waals surface area contributed by atoms with Gasteiger partial charge in [-0.3, -0.25) is 0 Å². The molecule has 3 heteroatoms. The molecule has 1 aliphatic heterocycles. The molecule has 3 atom stereocenters. The lowest BCUT2D eigenvalue weighted by molar-refractivity contribution is 0.907. The van der Waals surface area contributed by atoms with Crippen LogP contribution in [-0.2, 0) is 0 Å². The molecule has 1 aromatic carbocycles. The molecular weight excluding hydrogens is 213 g/mol. The average molecular weight is 228 g/mol. The molecule has 0 amide bonds. The topological polar surface area (TPSA) is 0 Å². The second kappa shape index (κ2) is 5.41. The van der Waals surface area contributed by atoms with Crippen LogP contribution in [0, 0.1) is 0 Å². The van der Waals surface area contributed by atoms with Crippen molar-refractivity contribution in [1.29, 1.82) is 0 Å². The van der Waals surface area contributed by atoms with E-state index in [0.29, 0.717) is 0 Å². The van der Waals surface area contributed by atoms with Gasteiger partial charge in [-0.25, -0.2) is 0 Å². The molecule has 1 aliphatic rings. The van der Waals surface area contributed by atoms with Crippen LogP contribution in [0.1, 0.15) is 12.8 Å². The maximum atomic E-state index is 2.33. The summed E-state index contributed by atoms with van der Waals surface area (Å²) >= 11 is 0. The summed E-state index contributed by atoms with van der Waals surface area (Å²) in [5.74, 6) is 0. The van der Waals surface area contributed by atoms with Crippen molar-refractivity contribution in [1.82, 2.24) is 0 Å². The molecule has 0 spiro atoms. The van der Waals surface area contributed by atoms with Crippen molar-refractivity contribution >= 4 is 29.1 Å². The van der Waals surface area contributed by atoms with Gasteiger partial charge in [0.2, 0.25) is 0 Å². The van der Waals surface area contributed by atoms with Gasteiger partial charge in [0.1, 0.15) is 0 Å². The van der Waals surface area contributed by atoms with Crippen molar-refractivity contribution in [3.05, 3.63) is 30.3 Å². The third-order valence-electron chi connectivity index (χ3n) is 2.22. The van der Waals surface area contributed by atoms with Gasteiger partial charge in [0, 0.05) is 0 Å². The molecule has 1 heterocycles. The van der Waals surface area contributed by atoms with Crippen LogP contribution >= 0.6 is 23.8 Å². The minimum absolute atomic E-state index is 0.247. The highest BCUT2D eigenvalue weighted by molar-refractivity contribution is 8.50. The molecule has 0 N–H and O–H groups in total. The van der Waals surface area contributed by atoms with Crippen LogP contribution in [0.5, 0.6) is 0 Å². The van der Waals surface area contributed by atoms with E-state index in [1.165, 1.54) is 41.4 Å². The lowest BCUT2D eigenvalue weighted by Gasteiger charge is -2.14. The highest BCUT2D eigenvalue weighted by atomic mass is 32.4. The molecule has 1 fully saturated rings. The molecule has 0 aromatic heterocycles. The van der Waals surface area contributed by atoms with E-state index in [1.54, 1.807) is 5.30 Å². The van der Waals surface area contributed by atoms with Crippen molar-refractivity contribution in [2.24, 2.45) is 0 Å². The van der Waals surface area contributed by atoms with Crippen molar-refractivity contribution < 1.29 is 0 Å².